The van der Waals surface area contributed by atoms with E-state index < -0.39 is 33.6 Å². The molecule has 10 N–H and O–H groups in total. The Labute approximate surface area is 532 Å². The van der Waals surface area contributed by atoms with Crippen molar-refractivity contribution in [2.24, 2.45) is 0 Å². The summed E-state index contributed by atoms with van der Waals surface area (Å²) in [5.41, 5.74) is 6.74. The number of hydrogen-bond acceptors (Lipinski definition) is 22. The first-order valence-electron chi connectivity index (χ1n) is 21.6. The number of aromatic carboxylic acids is 2. The third-order valence-electron chi connectivity index (χ3n) is 8.58. The Balaban J connectivity index is -0.000000135. The van der Waals surface area contributed by atoms with Crippen molar-refractivity contribution in [2.45, 2.75) is 0 Å². The topological polar surface area (TPSA) is 548 Å². The quantitative estimate of drug-likeness (QED) is 0.131. The zero-order valence-corrected chi connectivity index (χ0v) is 47.3. The van der Waals surface area contributed by atoms with Gasteiger partial charge in [0.2, 0.25) is 0 Å². The van der Waals surface area contributed by atoms with Crippen molar-refractivity contribution in [1.82, 2.24) is 39.9 Å². The third kappa shape index (κ3) is 39.8. The van der Waals surface area contributed by atoms with E-state index in [1.54, 1.807) is 49.6 Å². The molecule has 0 fully saturated rings. The van der Waals surface area contributed by atoms with E-state index >= 15 is 0 Å². The molecule has 10 aromatic rings. The summed E-state index contributed by atoms with van der Waals surface area (Å²) in [5.74, 6) is -3.87. The van der Waals surface area contributed by atoms with E-state index in [1.807, 2.05) is 146 Å². The molecule has 0 aliphatic heterocycles. The van der Waals surface area contributed by atoms with Gasteiger partial charge in [-0.25, -0.2) is 0 Å². The molecule has 0 amide bonds. The molecule has 28 nitrogen and oxygen atoms in total. The summed E-state index contributed by atoms with van der Waals surface area (Å²) in [6.07, 6.45) is 14.1. The number of hydrogen-bond donors (Lipinski definition) is 0. The van der Waals surface area contributed by atoms with Gasteiger partial charge in [0.05, 0.1) is 67.7 Å². The third-order valence-corrected chi connectivity index (χ3v) is 8.58. The van der Waals surface area contributed by atoms with Crippen LogP contribution in [0.1, 0.15) is 20.7 Å². The van der Waals surface area contributed by atoms with Crippen molar-refractivity contribution < 1.29 is 141 Å². The zero-order chi connectivity index (χ0) is 55.2. The van der Waals surface area contributed by atoms with Gasteiger partial charge in [0.25, 0.3) is 0 Å². The number of carboxylic acids is 2. The SMILES string of the molecule is O.O.O.O.O=C([O-])c1ccccc1[O-].O=C([O-])c1ccccc1[O-].O=[N+]([O-])[O-].O=[N+]([O-])[O-].[Cu+2].[Cu+2].[Cu+2].[Cu+2].[OH-].[OH-].c1ccc(-c2ccccn2)nc1.c1ccc(-c2ccccn2)nc1.c1ccc(-c2ccccn2)nc1.c1ccc(-c2ccccn2)nc1. The van der Waals surface area contributed by atoms with Crippen LogP contribution in [-0.2, 0) is 68.3 Å². The number of carboxylic acid groups (broad SMARTS) is 2. The van der Waals surface area contributed by atoms with E-state index in [0.29, 0.717) is 0 Å². The Kier molecular flexibility index (Phi) is 60.4. The monoisotopic (exact) mass is 1380 g/mol. The number of rotatable bonds is 6. The fraction of sp³-hybridized carbons (Fsp3) is 0. The second-order valence-corrected chi connectivity index (χ2v) is 13.7. The first kappa shape index (κ1) is 92.9. The molecule has 8 heterocycles. The summed E-state index contributed by atoms with van der Waals surface area (Å²) in [5, 5.41) is 71.0. The minimum absolute atomic E-state index is 0. The molecular formula is C54H50Cu4N10O18. The van der Waals surface area contributed by atoms with Crippen LogP contribution < -0.4 is 20.4 Å². The minimum Gasteiger partial charge on any atom is -0.872 e. The molecule has 0 atom stereocenters. The average molecular weight is 1380 g/mol. The van der Waals surface area contributed by atoms with Crippen LogP contribution in [-0.4, -0.2) is 94.8 Å². The van der Waals surface area contributed by atoms with Gasteiger partial charge in [-0.3, -0.25) is 39.9 Å². The predicted molar refractivity (Wildman–Crippen MR) is 289 cm³/mol. The number of carbonyl (C=O) groups is 2. The molecule has 0 bridgehead atoms. The summed E-state index contributed by atoms with van der Waals surface area (Å²) in [6, 6.07) is 57.1. The number of pyridine rings is 8. The van der Waals surface area contributed by atoms with Crippen LogP contribution in [0.3, 0.4) is 0 Å². The number of benzene rings is 2. The van der Waals surface area contributed by atoms with Gasteiger partial charge in [-0.05, 0) is 108 Å². The Morgan fingerprint density at radius 2 is 0.407 bits per heavy atom. The van der Waals surface area contributed by atoms with Crippen LogP contribution >= 0.6 is 0 Å². The number of aromatic nitrogens is 8. The van der Waals surface area contributed by atoms with Gasteiger partial charge < -0.3 is 93.5 Å². The summed E-state index contributed by atoms with van der Waals surface area (Å²) < 4.78 is 0. The molecule has 468 valence electrons. The summed E-state index contributed by atoms with van der Waals surface area (Å²) in [6.45, 7) is 0. The Bertz CT molecular complexity index is 2700. The Morgan fingerprint density at radius 1 is 0.279 bits per heavy atom. The van der Waals surface area contributed by atoms with Gasteiger partial charge in [0.1, 0.15) is 0 Å². The number of para-hydroxylation sites is 2. The summed E-state index contributed by atoms with van der Waals surface area (Å²) in [7, 11) is 0. The van der Waals surface area contributed by atoms with Gasteiger partial charge in [0, 0.05) is 49.6 Å². The summed E-state index contributed by atoms with van der Waals surface area (Å²) >= 11 is 0. The maximum Gasteiger partial charge on any atom is 2.00 e. The Hall–Kier alpha value is -9.58. The van der Waals surface area contributed by atoms with Crippen molar-refractivity contribution >= 4 is 11.9 Å². The van der Waals surface area contributed by atoms with E-state index in [-0.39, 0.29) is 112 Å². The molecule has 10 rings (SSSR count). The average Bonchev–Trinajstić information content (AvgIpc) is 3.57. The van der Waals surface area contributed by atoms with E-state index in [9.17, 15) is 30.0 Å². The van der Waals surface area contributed by atoms with Crippen LogP contribution in [0, 0.1) is 30.6 Å². The standard InChI is InChI=1S/4C10H8N2.2C7H6O3.4Cu.2NO3.6H2O/c4*1-3-7-11-9(5-1)10-6-2-4-8-12-10;2*8-6-4-2-1-3-5(6)7(9)10;;;;;2*2-1(3)4;;;;;;/h4*1-8H;2*1-4,8H,(H,9,10);;;;;;;6*1H2/q;;;;;;4*+2;2*-1;;;;;;/p-6. The van der Waals surface area contributed by atoms with Crippen molar-refractivity contribution in [3.05, 3.63) is 285 Å². The van der Waals surface area contributed by atoms with Gasteiger partial charge in [-0.15, -0.1) is 0 Å². The second-order valence-electron chi connectivity index (χ2n) is 13.7. The molecule has 0 aliphatic carbocycles. The van der Waals surface area contributed by atoms with Crippen LogP contribution in [0.2, 0.25) is 0 Å². The van der Waals surface area contributed by atoms with Gasteiger partial charge in [-0.1, -0.05) is 109 Å². The van der Waals surface area contributed by atoms with Gasteiger partial charge in [0.15, 0.2) is 0 Å². The van der Waals surface area contributed by atoms with Gasteiger partial charge >= 0.3 is 68.3 Å². The summed E-state index contributed by atoms with van der Waals surface area (Å²) in [4.78, 5) is 70.2. The molecule has 86 heavy (non-hydrogen) atoms. The molecule has 2 aromatic carbocycles. The molecular weight excluding hydrogens is 1330 g/mol. The molecule has 8 aromatic heterocycles. The largest absolute Gasteiger partial charge is 2.00 e. The van der Waals surface area contributed by atoms with Crippen LogP contribution in [0.5, 0.6) is 11.5 Å². The first-order chi connectivity index (χ1) is 36.8. The molecule has 4 radical (unpaired) electrons. The zero-order valence-electron chi connectivity index (χ0n) is 43.6. The first-order valence-corrected chi connectivity index (χ1v) is 21.6. The van der Waals surface area contributed by atoms with Crippen LogP contribution in [0.15, 0.2) is 244 Å². The molecule has 0 unspecified atom stereocenters. The fourth-order valence-electron chi connectivity index (χ4n) is 5.38. The smallest absolute Gasteiger partial charge is 0.872 e. The van der Waals surface area contributed by atoms with Gasteiger partial charge in [-0.2, -0.15) is 0 Å². The second kappa shape index (κ2) is 55.9. The molecule has 0 spiro atoms. The maximum absolute atomic E-state index is 10.6. The minimum atomic E-state index is -1.75. The van der Waals surface area contributed by atoms with Crippen LogP contribution in [0.25, 0.3) is 45.6 Å². The number of carbonyl (C=O) groups excluding carboxylic acids is 2. The predicted octanol–water partition coefficient (Wildman–Crippen LogP) is 2.68. The van der Waals surface area contributed by atoms with Crippen molar-refractivity contribution in [3.63, 3.8) is 0 Å². The van der Waals surface area contributed by atoms with Crippen molar-refractivity contribution in [1.29, 1.82) is 0 Å². The van der Waals surface area contributed by atoms with E-state index in [2.05, 4.69) is 39.9 Å². The number of nitrogens with zero attached hydrogens (tertiary/aromatic N) is 10. The van der Waals surface area contributed by atoms with E-state index in [0.717, 1.165) is 45.6 Å². The Morgan fingerprint density at radius 3 is 0.500 bits per heavy atom. The fourth-order valence-corrected chi connectivity index (χ4v) is 5.38. The molecule has 0 saturated carbocycles. The van der Waals surface area contributed by atoms with E-state index in [4.69, 9.17) is 30.6 Å². The molecule has 0 saturated heterocycles. The molecule has 0 aliphatic rings. The van der Waals surface area contributed by atoms with Crippen LogP contribution in [0.4, 0.5) is 0 Å². The van der Waals surface area contributed by atoms with E-state index in [1.165, 1.54) is 48.5 Å². The maximum atomic E-state index is 10.6. The van der Waals surface area contributed by atoms with Crippen molar-refractivity contribution in [2.75, 3.05) is 0 Å². The van der Waals surface area contributed by atoms with Crippen molar-refractivity contribution in [3.8, 4) is 57.1 Å². The normalized spacial score (nSPS) is 8.09. The molecule has 32 heteroatoms.